The summed E-state index contributed by atoms with van der Waals surface area (Å²) in [6.07, 6.45) is 2.16. The predicted octanol–water partition coefficient (Wildman–Crippen LogP) is 3.31. The molecule has 0 spiro atoms. The van der Waals surface area contributed by atoms with Crippen LogP contribution in [-0.4, -0.2) is 23.9 Å². The average molecular weight is 310 g/mol. The van der Waals surface area contributed by atoms with Gasteiger partial charge in [0.2, 0.25) is 5.91 Å². The molecule has 2 rings (SSSR count). The van der Waals surface area contributed by atoms with E-state index in [0.717, 1.165) is 24.9 Å². The van der Waals surface area contributed by atoms with Crippen LogP contribution >= 0.6 is 0 Å². The lowest BCUT2D eigenvalue weighted by Gasteiger charge is -2.23. The monoisotopic (exact) mass is 310 g/mol. The number of nitrogens with zero attached hydrogens (tertiary/aromatic N) is 1. The van der Waals surface area contributed by atoms with E-state index < -0.39 is 0 Å². The number of amides is 1. The first kappa shape index (κ1) is 17.2. The van der Waals surface area contributed by atoms with Gasteiger partial charge in [-0.2, -0.15) is 0 Å². The molecule has 2 N–H and O–H groups in total. The minimum atomic E-state index is 0.197. The Morgan fingerprint density at radius 1 is 1.00 bits per heavy atom. The Labute approximate surface area is 139 Å². The summed E-state index contributed by atoms with van der Waals surface area (Å²) < 4.78 is 0. The van der Waals surface area contributed by atoms with E-state index in [2.05, 4.69) is 43.3 Å². The summed E-state index contributed by atoms with van der Waals surface area (Å²) in [5.41, 5.74) is 9.23. The fourth-order valence-electron chi connectivity index (χ4n) is 2.54. The van der Waals surface area contributed by atoms with E-state index >= 15 is 0 Å². The molecule has 0 saturated heterocycles. The van der Waals surface area contributed by atoms with Gasteiger partial charge in [-0.3, -0.25) is 4.79 Å². The molecule has 1 amide bonds. The summed E-state index contributed by atoms with van der Waals surface area (Å²) >= 11 is 0. The van der Waals surface area contributed by atoms with Crippen molar-refractivity contribution in [1.82, 2.24) is 4.90 Å². The smallest absolute Gasteiger partial charge is 0.223 e. The first-order chi connectivity index (χ1) is 11.2. The lowest BCUT2D eigenvalue weighted by molar-refractivity contribution is -0.131. The fraction of sp³-hybridized carbons (Fsp3) is 0.350. The first-order valence-corrected chi connectivity index (χ1v) is 8.26. The van der Waals surface area contributed by atoms with Gasteiger partial charge in [0, 0.05) is 19.5 Å². The van der Waals surface area contributed by atoms with Crippen molar-refractivity contribution in [3.05, 3.63) is 71.3 Å². The van der Waals surface area contributed by atoms with Crippen LogP contribution in [0.5, 0.6) is 0 Å². The summed E-state index contributed by atoms with van der Waals surface area (Å²) in [5.74, 6) is 0.197. The molecule has 2 aromatic carbocycles. The number of hydrogen-bond acceptors (Lipinski definition) is 2. The van der Waals surface area contributed by atoms with Gasteiger partial charge in [-0.05, 0) is 37.4 Å². The second-order valence-corrected chi connectivity index (χ2v) is 5.93. The molecule has 0 aliphatic rings. The zero-order chi connectivity index (χ0) is 16.5. The molecule has 3 heteroatoms. The largest absolute Gasteiger partial charge is 0.338 e. The normalized spacial score (nSPS) is 10.5. The van der Waals surface area contributed by atoms with E-state index in [-0.39, 0.29) is 5.91 Å². The molecule has 0 fully saturated rings. The van der Waals surface area contributed by atoms with Gasteiger partial charge in [-0.15, -0.1) is 0 Å². The molecule has 0 aliphatic heterocycles. The number of carbonyl (C=O) groups is 1. The fourth-order valence-corrected chi connectivity index (χ4v) is 2.54. The SMILES string of the molecule is Cc1ccc(CCC(=O)N(CCCN)Cc2ccccc2)cc1. The molecule has 122 valence electrons. The zero-order valence-electron chi connectivity index (χ0n) is 13.9. The summed E-state index contributed by atoms with van der Waals surface area (Å²) in [5, 5.41) is 0. The van der Waals surface area contributed by atoms with Crippen LogP contribution in [-0.2, 0) is 17.8 Å². The van der Waals surface area contributed by atoms with Gasteiger partial charge in [-0.25, -0.2) is 0 Å². The second kappa shape index (κ2) is 9.11. The van der Waals surface area contributed by atoms with Gasteiger partial charge in [0.25, 0.3) is 0 Å². The topological polar surface area (TPSA) is 46.3 Å². The zero-order valence-corrected chi connectivity index (χ0v) is 13.9. The standard InChI is InChI=1S/C20H26N2O/c1-17-8-10-18(11-9-17)12-13-20(23)22(15-5-14-21)16-19-6-3-2-4-7-19/h2-4,6-11H,5,12-16,21H2,1H3. The highest BCUT2D eigenvalue weighted by molar-refractivity contribution is 5.76. The van der Waals surface area contributed by atoms with Crippen LogP contribution in [0.4, 0.5) is 0 Å². The van der Waals surface area contributed by atoms with Crippen LogP contribution in [0.3, 0.4) is 0 Å². The van der Waals surface area contributed by atoms with Crippen molar-refractivity contribution >= 4 is 5.91 Å². The number of nitrogens with two attached hydrogens (primary N) is 1. The number of aryl methyl sites for hydroxylation is 2. The molecule has 0 aromatic heterocycles. The van der Waals surface area contributed by atoms with Crippen molar-refractivity contribution in [2.45, 2.75) is 32.7 Å². The van der Waals surface area contributed by atoms with Gasteiger partial charge in [-0.1, -0.05) is 60.2 Å². The Hall–Kier alpha value is -2.13. The summed E-state index contributed by atoms with van der Waals surface area (Å²) in [4.78, 5) is 14.5. The van der Waals surface area contributed by atoms with Gasteiger partial charge >= 0.3 is 0 Å². The van der Waals surface area contributed by atoms with E-state index in [1.165, 1.54) is 11.1 Å². The Morgan fingerprint density at radius 3 is 2.35 bits per heavy atom. The third-order valence-corrected chi connectivity index (χ3v) is 3.95. The molecule has 0 radical (unpaired) electrons. The predicted molar refractivity (Wildman–Crippen MR) is 95.0 cm³/mol. The summed E-state index contributed by atoms with van der Waals surface area (Å²) in [6.45, 7) is 4.06. The molecular weight excluding hydrogens is 284 g/mol. The van der Waals surface area contributed by atoms with Crippen molar-refractivity contribution in [2.24, 2.45) is 5.73 Å². The Morgan fingerprint density at radius 2 is 1.70 bits per heavy atom. The molecule has 0 heterocycles. The quantitative estimate of drug-likeness (QED) is 0.813. The van der Waals surface area contributed by atoms with E-state index in [4.69, 9.17) is 5.73 Å². The third-order valence-electron chi connectivity index (χ3n) is 3.95. The highest BCUT2D eigenvalue weighted by Crippen LogP contribution is 2.10. The number of hydrogen-bond donors (Lipinski definition) is 1. The Bertz CT molecular complexity index is 593. The van der Waals surface area contributed by atoms with Crippen LogP contribution in [0, 0.1) is 6.92 Å². The third kappa shape index (κ3) is 5.87. The molecule has 0 unspecified atom stereocenters. The van der Waals surface area contributed by atoms with Crippen LogP contribution < -0.4 is 5.73 Å². The molecule has 3 nitrogen and oxygen atoms in total. The molecule has 0 bridgehead atoms. The molecule has 0 saturated carbocycles. The second-order valence-electron chi connectivity index (χ2n) is 5.93. The molecule has 0 atom stereocenters. The maximum absolute atomic E-state index is 12.6. The van der Waals surface area contributed by atoms with Gasteiger partial charge in [0.1, 0.15) is 0 Å². The molecule has 23 heavy (non-hydrogen) atoms. The van der Waals surface area contributed by atoms with E-state index in [1.807, 2.05) is 23.1 Å². The van der Waals surface area contributed by atoms with E-state index in [9.17, 15) is 4.79 Å². The number of rotatable bonds is 8. The van der Waals surface area contributed by atoms with Crippen molar-refractivity contribution in [3.8, 4) is 0 Å². The van der Waals surface area contributed by atoms with Crippen LogP contribution in [0.2, 0.25) is 0 Å². The van der Waals surface area contributed by atoms with Crippen LogP contribution in [0.1, 0.15) is 29.5 Å². The maximum atomic E-state index is 12.6. The van der Waals surface area contributed by atoms with Crippen molar-refractivity contribution < 1.29 is 4.79 Å². The van der Waals surface area contributed by atoms with Crippen LogP contribution in [0.15, 0.2) is 54.6 Å². The highest BCUT2D eigenvalue weighted by atomic mass is 16.2. The van der Waals surface area contributed by atoms with Gasteiger partial charge in [0.05, 0.1) is 0 Å². The maximum Gasteiger partial charge on any atom is 0.223 e. The minimum absolute atomic E-state index is 0.197. The minimum Gasteiger partial charge on any atom is -0.338 e. The molecular formula is C20H26N2O. The molecule has 0 aliphatic carbocycles. The average Bonchev–Trinajstić information content (AvgIpc) is 2.58. The number of benzene rings is 2. The highest BCUT2D eigenvalue weighted by Gasteiger charge is 2.13. The first-order valence-electron chi connectivity index (χ1n) is 8.26. The van der Waals surface area contributed by atoms with E-state index in [0.29, 0.717) is 19.5 Å². The number of carbonyl (C=O) groups excluding carboxylic acids is 1. The van der Waals surface area contributed by atoms with Crippen LogP contribution in [0.25, 0.3) is 0 Å². The van der Waals surface area contributed by atoms with Gasteiger partial charge < -0.3 is 10.6 Å². The Balaban J connectivity index is 1.94. The summed E-state index contributed by atoms with van der Waals surface area (Å²) in [7, 11) is 0. The van der Waals surface area contributed by atoms with Gasteiger partial charge in [0.15, 0.2) is 0 Å². The summed E-state index contributed by atoms with van der Waals surface area (Å²) in [6, 6.07) is 18.5. The van der Waals surface area contributed by atoms with Crippen molar-refractivity contribution in [1.29, 1.82) is 0 Å². The molecule has 2 aromatic rings. The van der Waals surface area contributed by atoms with E-state index in [1.54, 1.807) is 0 Å². The lowest BCUT2D eigenvalue weighted by Crippen LogP contribution is -2.32. The van der Waals surface area contributed by atoms with Crippen molar-refractivity contribution in [3.63, 3.8) is 0 Å². The van der Waals surface area contributed by atoms with Crippen molar-refractivity contribution in [2.75, 3.05) is 13.1 Å². The lowest BCUT2D eigenvalue weighted by atomic mass is 10.1. The Kier molecular flexibility index (Phi) is 6.82.